The molecule has 1 aliphatic rings. The highest BCUT2D eigenvalue weighted by molar-refractivity contribution is 6.10. The van der Waals surface area contributed by atoms with Crippen LogP contribution in [0.5, 0.6) is 0 Å². The molecule has 5 rings (SSSR count). The van der Waals surface area contributed by atoms with Crippen molar-refractivity contribution >= 4 is 27.8 Å². The van der Waals surface area contributed by atoms with Gasteiger partial charge in [-0.05, 0) is 48.7 Å². The number of carbonyl (C=O) groups is 1. The maximum Gasteiger partial charge on any atom is 0.398 e. The lowest BCUT2D eigenvalue weighted by Gasteiger charge is -2.20. The van der Waals surface area contributed by atoms with Crippen molar-refractivity contribution in [3.63, 3.8) is 0 Å². The van der Waals surface area contributed by atoms with E-state index in [1.807, 2.05) is 29.9 Å². The summed E-state index contributed by atoms with van der Waals surface area (Å²) in [6.45, 7) is 0. The highest BCUT2D eigenvalue weighted by Gasteiger charge is 2.64. The molecule has 1 aliphatic carbocycles. The highest BCUT2D eigenvalue weighted by atomic mass is 19.4. The van der Waals surface area contributed by atoms with Crippen LogP contribution in [0.4, 0.5) is 13.2 Å². The number of nitrogens with zero attached hydrogens (tertiary/aromatic N) is 3. The Morgan fingerprint density at radius 3 is 2.40 bits per heavy atom. The molecule has 2 heterocycles. The Bertz CT molecular complexity index is 1290. The number of carbonyl (C=O) groups excluding carboxylic acids is 1. The number of aryl methyl sites for hydroxylation is 1. The minimum absolute atomic E-state index is 0.134. The lowest BCUT2D eigenvalue weighted by molar-refractivity contribution is -0.160. The molecule has 1 saturated carbocycles. The summed E-state index contributed by atoms with van der Waals surface area (Å²) in [5, 5.41) is 8.89. The molecule has 154 valence electrons. The first-order chi connectivity index (χ1) is 14.2. The number of fused-ring (bicyclic) bond motifs is 3. The van der Waals surface area contributed by atoms with Crippen LogP contribution in [0.2, 0.25) is 0 Å². The van der Waals surface area contributed by atoms with Gasteiger partial charge in [-0.25, -0.2) is 0 Å². The van der Waals surface area contributed by atoms with Crippen LogP contribution in [-0.2, 0) is 12.5 Å². The number of halogens is 3. The number of alkyl halides is 3. The summed E-state index contributed by atoms with van der Waals surface area (Å²) in [6, 6.07) is 11.9. The standard InChI is InChI=1S/C22H19F3N4O/c1-26-20(30)13-3-8-18-16(11-13)17-12-28(2)27-19(17)29(18)15-6-4-14(5-7-15)21(9-10-21)22(23,24)25/h3-8,11-12H,9-10H2,1-2H3,(H,26,30). The highest BCUT2D eigenvalue weighted by Crippen LogP contribution is 2.58. The van der Waals surface area contributed by atoms with E-state index >= 15 is 0 Å². The van der Waals surface area contributed by atoms with Crippen LogP contribution in [0.25, 0.3) is 27.6 Å². The summed E-state index contributed by atoms with van der Waals surface area (Å²) in [5.74, 6) is -0.187. The average Bonchev–Trinajstić information content (AvgIpc) is 3.39. The van der Waals surface area contributed by atoms with Crippen LogP contribution >= 0.6 is 0 Å². The van der Waals surface area contributed by atoms with Crippen molar-refractivity contribution < 1.29 is 18.0 Å². The van der Waals surface area contributed by atoms with Crippen LogP contribution in [0.15, 0.2) is 48.7 Å². The molecule has 1 amide bonds. The fourth-order valence-corrected chi connectivity index (χ4v) is 4.23. The lowest BCUT2D eigenvalue weighted by Crippen LogP contribution is -2.28. The van der Waals surface area contributed by atoms with Crippen LogP contribution < -0.4 is 5.32 Å². The van der Waals surface area contributed by atoms with E-state index in [1.165, 1.54) is 0 Å². The summed E-state index contributed by atoms with van der Waals surface area (Å²) in [7, 11) is 3.38. The first-order valence-corrected chi connectivity index (χ1v) is 9.63. The van der Waals surface area contributed by atoms with E-state index in [0.29, 0.717) is 16.8 Å². The fourth-order valence-electron chi connectivity index (χ4n) is 4.23. The predicted molar refractivity (Wildman–Crippen MR) is 108 cm³/mol. The number of rotatable bonds is 3. The van der Waals surface area contributed by atoms with E-state index < -0.39 is 11.6 Å². The van der Waals surface area contributed by atoms with Crippen molar-refractivity contribution in [1.29, 1.82) is 0 Å². The summed E-state index contributed by atoms with van der Waals surface area (Å²) < 4.78 is 44.0. The van der Waals surface area contributed by atoms with Gasteiger partial charge in [0.05, 0.1) is 10.9 Å². The van der Waals surface area contributed by atoms with Crippen LogP contribution in [-0.4, -0.2) is 33.5 Å². The monoisotopic (exact) mass is 412 g/mol. The lowest BCUT2D eigenvalue weighted by atomic mass is 9.95. The Morgan fingerprint density at radius 2 is 1.80 bits per heavy atom. The van der Waals surface area contributed by atoms with Crippen molar-refractivity contribution in [2.75, 3.05) is 7.05 Å². The number of aromatic nitrogens is 3. The van der Waals surface area contributed by atoms with E-state index in [2.05, 4.69) is 10.4 Å². The second-order valence-corrected chi connectivity index (χ2v) is 7.81. The molecular weight excluding hydrogens is 393 g/mol. The Labute approximate surface area is 170 Å². The molecule has 30 heavy (non-hydrogen) atoms. The summed E-state index contributed by atoms with van der Waals surface area (Å²) in [4.78, 5) is 12.1. The largest absolute Gasteiger partial charge is 0.398 e. The maximum atomic E-state index is 13.5. The second-order valence-electron chi connectivity index (χ2n) is 7.81. The topological polar surface area (TPSA) is 51.9 Å². The third kappa shape index (κ3) is 2.56. The first-order valence-electron chi connectivity index (χ1n) is 9.63. The fraction of sp³-hybridized carbons (Fsp3) is 0.273. The van der Waals surface area contributed by atoms with Gasteiger partial charge in [0.1, 0.15) is 0 Å². The summed E-state index contributed by atoms with van der Waals surface area (Å²) >= 11 is 0. The van der Waals surface area contributed by atoms with Gasteiger partial charge in [-0.3, -0.25) is 14.0 Å². The number of benzene rings is 2. The Kier molecular flexibility index (Phi) is 3.81. The van der Waals surface area contributed by atoms with Gasteiger partial charge in [-0.1, -0.05) is 12.1 Å². The van der Waals surface area contributed by atoms with Crippen LogP contribution in [0.1, 0.15) is 28.8 Å². The molecule has 5 nitrogen and oxygen atoms in total. The maximum absolute atomic E-state index is 13.5. The molecular formula is C22H19F3N4O. The van der Waals surface area contributed by atoms with E-state index in [4.69, 9.17) is 0 Å². The molecule has 8 heteroatoms. The third-order valence-corrected chi connectivity index (χ3v) is 6.01. The summed E-state index contributed by atoms with van der Waals surface area (Å²) in [5.41, 5.74) is 1.38. The van der Waals surface area contributed by atoms with Crippen molar-refractivity contribution in [2.24, 2.45) is 7.05 Å². The Balaban J connectivity index is 1.67. The van der Waals surface area contributed by atoms with Gasteiger partial charge < -0.3 is 5.32 Å². The molecule has 4 aromatic rings. The van der Waals surface area contributed by atoms with Crippen molar-refractivity contribution in [2.45, 2.75) is 24.4 Å². The van der Waals surface area contributed by atoms with Gasteiger partial charge in [0.15, 0.2) is 5.65 Å². The molecule has 0 saturated heterocycles. The van der Waals surface area contributed by atoms with E-state index in [1.54, 1.807) is 42.1 Å². The molecule has 1 N–H and O–H groups in total. The summed E-state index contributed by atoms with van der Waals surface area (Å²) in [6.07, 6.45) is -2.09. The second kappa shape index (κ2) is 6.10. The molecule has 0 radical (unpaired) electrons. The van der Waals surface area contributed by atoms with E-state index in [-0.39, 0.29) is 18.7 Å². The van der Waals surface area contributed by atoms with Crippen molar-refractivity contribution in [3.05, 3.63) is 59.8 Å². The Hall–Kier alpha value is -3.29. The van der Waals surface area contributed by atoms with Gasteiger partial charge in [-0.15, -0.1) is 0 Å². The molecule has 2 aromatic carbocycles. The SMILES string of the molecule is CNC(=O)c1ccc2c(c1)c1cn(C)nc1n2-c1ccc(C2(C(F)(F)F)CC2)cc1. The zero-order chi connectivity index (χ0) is 21.3. The van der Waals surface area contributed by atoms with Gasteiger partial charge >= 0.3 is 6.18 Å². The molecule has 0 spiro atoms. The molecule has 0 atom stereocenters. The number of hydrogen-bond acceptors (Lipinski definition) is 2. The average molecular weight is 412 g/mol. The normalized spacial score (nSPS) is 15.6. The zero-order valence-electron chi connectivity index (χ0n) is 16.4. The molecule has 0 bridgehead atoms. The third-order valence-electron chi connectivity index (χ3n) is 6.01. The van der Waals surface area contributed by atoms with Gasteiger partial charge in [0, 0.05) is 42.3 Å². The molecule has 0 aliphatic heterocycles. The first kappa shape index (κ1) is 18.7. The minimum Gasteiger partial charge on any atom is -0.355 e. The number of hydrogen-bond donors (Lipinski definition) is 1. The minimum atomic E-state index is -4.24. The quantitative estimate of drug-likeness (QED) is 0.540. The predicted octanol–water partition coefficient (Wildman–Crippen LogP) is 4.47. The van der Waals surface area contributed by atoms with Crippen molar-refractivity contribution in [3.8, 4) is 5.69 Å². The van der Waals surface area contributed by atoms with Crippen LogP contribution in [0.3, 0.4) is 0 Å². The van der Waals surface area contributed by atoms with Gasteiger partial charge in [0.2, 0.25) is 0 Å². The van der Waals surface area contributed by atoms with E-state index in [0.717, 1.165) is 22.0 Å². The molecule has 0 unspecified atom stereocenters. The van der Waals surface area contributed by atoms with Gasteiger partial charge in [-0.2, -0.15) is 18.3 Å². The van der Waals surface area contributed by atoms with Crippen LogP contribution in [0, 0.1) is 0 Å². The van der Waals surface area contributed by atoms with Gasteiger partial charge in [0.25, 0.3) is 5.91 Å². The van der Waals surface area contributed by atoms with E-state index in [9.17, 15) is 18.0 Å². The van der Waals surface area contributed by atoms with Crippen molar-refractivity contribution in [1.82, 2.24) is 19.7 Å². The molecule has 2 aromatic heterocycles. The number of nitrogens with one attached hydrogen (secondary N) is 1. The number of amides is 1. The zero-order valence-corrected chi connectivity index (χ0v) is 16.4. The smallest absolute Gasteiger partial charge is 0.355 e. The molecule has 1 fully saturated rings. The Morgan fingerprint density at radius 1 is 1.10 bits per heavy atom.